The summed E-state index contributed by atoms with van der Waals surface area (Å²) >= 11 is 1.71. The number of nitrogens with zero attached hydrogens (tertiary/aromatic N) is 3. The maximum Gasteiger partial charge on any atom is 0.157 e. The molecule has 11 rings (SSSR count). The van der Waals surface area contributed by atoms with Crippen molar-refractivity contribution in [2.24, 2.45) is 0 Å². The summed E-state index contributed by atoms with van der Waals surface area (Å²) < 4.78 is 3.55. The summed E-state index contributed by atoms with van der Waals surface area (Å²) in [6, 6.07) is 46.5. The Hall–Kier alpha value is -6.62. The van der Waals surface area contributed by atoms with Crippen LogP contribution in [0.2, 0.25) is 0 Å². The van der Waals surface area contributed by atoms with Gasteiger partial charge in [0.1, 0.15) is 10.3 Å². The zero-order valence-electron chi connectivity index (χ0n) is 29.0. The Morgan fingerprint density at radius 3 is 2.19 bits per heavy atom. The van der Waals surface area contributed by atoms with Gasteiger partial charge in [-0.25, -0.2) is 9.97 Å². The first kappa shape index (κ1) is 30.0. The van der Waals surface area contributed by atoms with E-state index in [0.29, 0.717) is 0 Å². The lowest BCUT2D eigenvalue weighted by Crippen LogP contribution is -2.00. The molecule has 0 saturated heterocycles. The third kappa shape index (κ3) is 4.33. The van der Waals surface area contributed by atoms with Crippen LogP contribution in [-0.4, -0.2) is 14.5 Å². The lowest BCUT2D eigenvalue weighted by molar-refractivity contribution is 1.08. The third-order valence-corrected chi connectivity index (χ3v) is 11.9. The quantitative estimate of drug-likeness (QED) is 0.168. The molecule has 0 saturated carbocycles. The van der Waals surface area contributed by atoms with Crippen LogP contribution in [0.15, 0.2) is 164 Å². The zero-order chi connectivity index (χ0) is 35.2. The predicted molar refractivity (Wildman–Crippen MR) is 227 cm³/mol. The smallest absolute Gasteiger partial charge is 0.157 e. The van der Waals surface area contributed by atoms with Crippen LogP contribution in [-0.2, 0) is 0 Å². The molecule has 0 atom stereocenters. The molecule has 0 unspecified atom stereocenters. The van der Waals surface area contributed by atoms with Crippen LogP contribution in [0, 0.1) is 0 Å². The first-order chi connectivity index (χ1) is 26.2. The van der Waals surface area contributed by atoms with Gasteiger partial charge in [0, 0.05) is 20.9 Å². The fourth-order valence-corrected chi connectivity index (χ4v) is 9.61. The number of rotatable bonds is 5. The minimum absolute atomic E-state index is 0.803. The van der Waals surface area contributed by atoms with Gasteiger partial charge in [0.25, 0.3) is 0 Å². The second-order valence-corrected chi connectivity index (χ2v) is 14.8. The summed E-state index contributed by atoms with van der Waals surface area (Å²) in [6.07, 6.45) is 10.2. The van der Waals surface area contributed by atoms with Crippen LogP contribution < -0.4 is 0 Å². The van der Waals surface area contributed by atoms with E-state index in [1.165, 1.54) is 70.2 Å². The Kier molecular flexibility index (Phi) is 6.49. The van der Waals surface area contributed by atoms with Crippen molar-refractivity contribution < 1.29 is 0 Å². The highest BCUT2D eigenvalue weighted by Crippen LogP contribution is 2.51. The van der Waals surface area contributed by atoms with E-state index in [1.54, 1.807) is 11.3 Å². The van der Waals surface area contributed by atoms with Crippen LogP contribution >= 0.6 is 11.3 Å². The van der Waals surface area contributed by atoms with E-state index in [2.05, 4.69) is 157 Å². The summed E-state index contributed by atoms with van der Waals surface area (Å²) in [5.41, 5.74) is 12.6. The number of benzene rings is 7. The lowest BCUT2D eigenvalue weighted by Gasteiger charge is -2.15. The molecule has 3 aromatic heterocycles. The molecule has 3 nitrogen and oxygen atoms in total. The largest absolute Gasteiger partial charge is 0.292 e. The van der Waals surface area contributed by atoms with Gasteiger partial charge in [-0.3, -0.25) is 4.57 Å². The fourth-order valence-electron chi connectivity index (χ4n) is 8.57. The zero-order valence-corrected chi connectivity index (χ0v) is 29.8. The summed E-state index contributed by atoms with van der Waals surface area (Å²) in [4.78, 5) is 11.6. The van der Waals surface area contributed by atoms with Crippen molar-refractivity contribution in [3.8, 4) is 39.2 Å². The maximum atomic E-state index is 5.47. The van der Waals surface area contributed by atoms with Crippen molar-refractivity contribution >= 4 is 80.7 Å². The van der Waals surface area contributed by atoms with Gasteiger partial charge in [0.05, 0.1) is 17.2 Å². The topological polar surface area (TPSA) is 30.7 Å². The van der Waals surface area contributed by atoms with Gasteiger partial charge < -0.3 is 0 Å². The van der Waals surface area contributed by atoms with Crippen LogP contribution in [0.25, 0.3) is 109 Å². The van der Waals surface area contributed by atoms with Gasteiger partial charge in [-0.05, 0) is 103 Å². The summed E-state index contributed by atoms with van der Waals surface area (Å²) in [7, 11) is 0. The van der Waals surface area contributed by atoms with E-state index in [9.17, 15) is 0 Å². The number of allylic oxidation sites excluding steroid dienone is 5. The Labute approximate surface area is 310 Å². The van der Waals surface area contributed by atoms with Gasteiger partial charge in [-0.2, -0.15) is 0 Å². The van der Waals surface area contributed by atoms with Crippen LogP contribution in [0.3, 0.4) is 0 Å². The highest BCUT2D eigenvalue weighted by atomic mass is 32.1. The lowest BCUT2D eigenvalue weighted by atomic mass is 9.91. The molecule has 0 fully saturated rings. The van der Waals surface area contributed by atoms with E-state index in [-0.39, 0.29) is 0 Å². The number of hydrogen-bond acceptors (Lipinski definition) is 3. The van der Waals surface area contributed by atoms with Crippen LogP contribution in [0.4, 0.5) is 0 Å². The number of aromatic nitrogens is 3. The molecule has 0 bridgehead atoms. The highest BCUT2D eigenvalue weighted by molar-refractivity contribution is 7.25. The van der Waals surface area contributed by atoms with Gasteiger partial charge in [0.15, 0.2) is 5.82 Å². The van der Waals surface area contributed by atoms with Crippen molar-refractivity contribution in [2.45, 2.75) is 6.92 Å². The molecular weight excluding hydrogens is 663 g/mol. The average Bonchev–Trinajstić information content (AvgIpc) is 3.72. The Morgan fingerprint density at radius 1 is 0.660 bits per heavy atom. The van der Waals surface area contributed by atoms with E-state index >= 15 is 0 Å². The molecule has 248 valence electrons. The highest BCUT2D eigenvalue weighted by Gasteiger charge is 2.27. The van der Waals surface area contributed by atoms with E-state index in [0.717, 1.165) is 43.9 Å². The monoisotopic (exact) mass is 693 g/mol. The van der Waals surface area contributed by atoms with Crippen molar-refractivity contribution in [2.75, 3.05) is 0 Å². The SMILES string of the molecule is C=C/C(=C\C=C/C)c1cc2c3c4c(cc(-c5ccccc5)cc4n(-c4cnc5c(n4)sc4ccc6ccccc6c45)c3c1)-c1cccc3cccc-2c13. The van der Waals surface area contributed by atoms with Gasteiger partial charge in [0.2, 0.25) is 0 Å². The van der Waals surface area contributed by atoms with Crippen molar-refractivity contribution in [3.63, 3.8) is 0 Å². The van der Waals surface area contributed by atoms with Crippen LogP contribution in [0.1, 0.15) is 12.5 Å². The Morgan fingerprint density at radius 2 is 1.40 bits per heavy atom. The number of fused-ring (bicyclic) bond motifs is 7. The molecule has 3 heterocycles. The first-order valence-corrected chi connectivity index (χ1v) is 18.8. The maximum absolute atomic E-state index is 5.47. The second kappa shape index (κ2) is 11.4. The normalized spacial score (nSPS) is 12.7. The number of thiophene rings is 1. The predicted octanol–water partition coefficient (Wildman–Crippen LogP) is 13.7. The first-order valence-electron chi connectivity index (χ1n) is 18.0. The second-order valence-electron chi connectivity index (χ2n) is 13.7. The summed E-state index contributed by atoms with van der Waals surface area (Å²) in [6.45, 7) is 6.29. The molecule has 0 N–H and O–H groups in total. The average molecular weight is 694 g/mol. The minimum atomic E-state index is 0.803. The fraction of sp³-hybridized carbons (Fsp3) is 0.0204. The molecule has 4 heteroatoms. The molecule has 0 amide bonds. The molecule has 0 spiro atoms. The molecule has 53 heavy (non-hydrogen) atoms. The van der Waals surface area contributed by atoms with E-state index < -0.39 is 0 Å². The minimum Gasteiger partial charge on any atom is -0.292 e. The molecule has 0 aliphatic heterocycles. The number of hydrogen-bond donors (Lipinski definition) is 0. The van der Waals surface area contributed by atoms with E-state index in [4.69, 9.17) is 9.97 Å². The Bertz CT molecular complexity index is 3240. The molecule has 7 aromatic carbocycles. The van der Waals surface area contributed by atoms with Gasteiger partial charge in [-0.15, -0.1) is 11.3 Å². The van der Waals surface area contributed by atoms with Gasteiger partial charge >= 0.3 is 0 Å². The summed E-state index contributed by atoms with van der Waals surface area (Å²) in [5, 5.41) is 8.55. The third-order valence-electron chi connectivity index (χ3n) is 10.9. The molecule has 10 aromatic rings. The summed E-state index contributed by atoms with van der Waals surface area (Å²) in [5.74, 6) is 0.803. The molecular formula is C49H31N3S. The molecule has 0 radical (unpaired) electrons. The van der Waals surface area contributed by atoms with Crippen molar-refractivity contribution in [1.29, 1.82) is 0 Å². The van der Waals surface area contributed by atoms with Crippen LogP contribution in [0.5, 0.6) is 0 Å². The van der Waals surface area contributed by atoms with Crippen molar-refractivity contribution in [3.05, 3.63) is 170 Å². The van der Waals surface area contributed by atoms with Gasteiger partial charge in [-0.1, -0.05) is 128 Å². The van der Waals surface area contributed by atoms with Crippen molar-refractivity contribution in [1.82, 2.24) is 14.5 Å². The molecule has 1 aliphatic rings. The standard InChI is InChI=1S/C49H31N3S/c1-3-5-13-29(4-2)33-24-38-36-20-11-17-32-18-12-21-37(44(32)36)39-25-34(30-14-7-6-8-15-30)27-41-46(39)45(38)40(26-33)52(41)43-28-50-48-47-35-19-10-9-16-31(35)22-23-42(47)53-49(48)51-43/h3-28H,2H2,1H3/b5-3-,29-13+. The molecule has 1 aliphatic carbocycles. The Balaban J connectivity index is 1.32. The van der Waals surface area contributed by atoms with E-state index in [1.807, 2.05) is 19.2 Å².